The lowest BCUT2D eigenvalue weighted by Crippen LogP contribution is -1.98. The van der Waals surface area contributed by atoms with Gasteiger partial charge >= 0.3 is 0 Å². The molecule has 5 heteroatoms. The number of benzene rings is 2. The molecular formula is C14H10F2N2O. The first kappa shape index (κ1) is 13.0. The van der Waals surface area contributed by atoms with Crippen LogP contribution in [-0.4, -0.2) is 0 Å². The van der Waals surface area contributed by atoms with E-state index < -0.39 is 11.6 Å². The number of nitriles is 1. The number of ether oxygens (including phenoxy) is 1. The highest BCUT2D eigenvalue weighted by Crippen LogP contribution is 2.28. The third-order valence-electron chi connectivity index (χ3n) is 2.54. The van der Waals surface area contributed by atoms with Gasteiger partial charge in [-0.3, -0.25) is 0 Å². The molecule has 19 heavy (non-hydrogen) atoms. The lowest BCUT2D eigenvalue weighted by molar-refractivity contribution is 0.415. The monoisotopic (exact) mass is 260 g/mol. The summed E-state index contributed by atoms with van der Waals surface area (Å²) in [5, 5.41) is 9.00. The smallest absolute Gasteiger partial charge is 0.201 e. The predicted molar refractivity (Wildman–Crippen MR) is 65.5 cm³/mol. The van der Waals surface area contributed by atoms with E-state index in [4.69, 9.17) is 15.7 Å². The first-order valence-corrected chi connectivity index (χ1v) is 5.50. The molecule has 0 atom stereocenters. The quantitative estimate of drug-likeness (QED) is 0.922. The molecule has 0 aromatic heterocycles. The molecule has 0 aliphatic rings. The molecule has 0 spiro atoms. The summed E-state index contributed by atoms with van der Waals surface area (Å²) in [5.41, 5.74) is 6.43. The van der Waals surface area contributed by atoms with E-state index in [-0.39, 0.29) is 23.6 Å². The highest BCUT2D eigenvalue weighted by molar-refractivity contribution is 5.47. The van der Waals surface area contributed by atoms with Crippen molar-refractivity contribution in [1.82, 2.24) is 0 Å². The van der Waals surface area contributed by atoms with Crippen molar-refractivity contribution in [1.29, 1.82) is 5.26 Å². The summed E-state index contributed by atoms with van der Waals surface area (Å²) >= 11 is 0. The van der Waals surface area contributed by atoms with Gasteiger partial charge in [-0.15, -0.1) is 0 Å². The highest BCUT2D eigenvalue weighted by Gasteiger charge is 2.12. The molecule has 2 rings (SSSR count). The standard InChI is InChI=1S/C14H10F2N2O/c15-11-2-1-3-13(14(11)16)19-12-5-4-9(7-17)6-10(12)8-18/h1-6H,7,17H2. The summed E-state index contributed by atoms with van der Waals surface area (Å²) in [7, 11) is 0. The molecule has 0 aliphatic carbocycles. The Kier molecular flexibility index (Phi) is 3.74. The highest BCUT2D eigenvalue weighted by atomic mass is 19.2. The molecule has 2 aromatic carbocycles. The normalized spacial score (nSPS) is 10.0. The Morgan fingerprint density at radius 3 is 2.63 bits per heavy atom. The Hall–Kier alpha value is -2.45. The molecule has 0 saturated heterocycles. The van der Waals surface area contributed by atoms with Crippen molar-refractivity contribution >= 4 is 0 Å². The molecule has 3 nitrogen and oxygen atoms in total. The van der Waals surface area contributed by atoms with E-state index >= 15 is 0 Å². The zero-order valence-electron chi connectivity index (χ0n) is 9.86. The van der Waals surface area contributed by atoms with Gasteiger partial charge in [-0.25, -0.2) is 4.39 Å². The van der Waals surface area contributed by atoms with Gasteiger partial charge in [0.1, 0.15) is 11.8 Å². The van der Waals surface area contributed by atoms with Gasteiger partial charge in [-0.05, 0) is 29.8 Å². The van der Waals surface area contributed by atoms with Crippen molar-refractivity contribution in [3.63, 3.8) is 0 Å². The summed E-state index contributed by atoms with van der Waals surface area (Å²) in [6.45, 7) is 0.281. The van der Waals surface area contributed by atoms with Crippen LogP contribution in [0, 0.1) is 23.0 Å². The SMILES string of the molecule is N#Cc1cc(CN)ccc1Oc1cccc(F)c1F. The van der Waals surface area contributed by atoms with Crippen LogP contribution in [0.5, 0.6) is 11.5 Å². The van der Waals surface area contributed by atoms with Crippen LogP contribution < -0.4 is 10.5 Å². The maximum absolute atomic E-state index is 13.5. The average molecular weight is 260 g/mol. The Morgan fingerprint density at radius 1 is 1.16 bits per heavy atom. The van der Waals surface area contributed by atoms with Crippen LogP contribution in [0.25, 0.3) is 0 Å². The molecule has 96 valence electrons. The van der Waals surface area contributed by atoms with E-state index in [9.17, 15) is 8.78 Å². The van der Waals surface area contributed by atoms with Crippen molar-refractivity contribution < 1.29 is 13.5 Å². The maximum Gasteiger partial charge on any atom is 0.201 e. The van der Waals surface area contributed by atoms with Crippen LogP contribution in [0.4, 0.5) is 8.78 Å². The zero-order chi connectivity index (χ0) is 13.8. The van der Waals surface area contributed by atoms with Crippen LogP contribution in [0.15, 0.2) is 36.4 Å². The van der Waals surface area contributed by atoms with E-state index in [1.165, 1.54) is 18.2 Å². The second kappa shape index (κ2) is 5.46. The summed E-state index contributed by atoms with van der Waals surface area (Å²) in [5.74, 6) is -2.20. The lowest BCUT2D eigenvalue weighted by atomic mass is 10.1. The zero-order valence-corrected chi connectivity index (χ0v) is 9.86. The van der Waals surface area contributed by atoms with Gasteiger partial charge in [0.15, 0.2) is 11.6 Å². The molecule has 0 aliphatic heterocycles. The Bertz CT molecular complexity index is 650. The van der Waals surface area contributed by atoms with E-state index in [2.05, 4.69) is 0 Å². The third kappa shape index (κ3) is 2.69. The minimum atomic E-state index is -1.09. The number of rotatable bonds is 3. The second-order valence-corrected chi connectivity index (χ2v) is 3.80. The minimum absolute atomic E-state index is 0.157. The van der Waals surface area contributed by atoms with E-state index in [0.717, 1.165) is 11.6 Å². The summed E-state index contributed by atoms with van der Waals surface area (Å²) in [6, 6.07) is 10.2. The number of nitrogens with two attached hydrogens (primary N) is 1. The number of halogens is 2. The summed E-state index contributed by atoms with van der Waals surface area (Å²) in [6.07, 6.45) is 0. The van der Waals surface area contributed by atoms with Crippen molar-refractivity contribution in [2.75, 3.05) is 0 Å². The predicted octanol–water partition coefficient (Wildman–Crippen LogP) is 3.09. The fraction of sp³-hybridized carbons (Fsp3) is 0.0714. The van der Waals surface area contributed by atoms with Gasteiger partial charge in [0.05, 0.1) is 5.56 Å². The van der Waals surface area contributed by atoms with Crippen LogP contribution >= 0.6 is 0 Å². The molecule has 0 saturated carbocycles. The number of hydrogen-bond acceptors (Lipinski definition) is 3. The van der Waals surface area contributed by atoms with Crippen LogP contribution in [0.3, 0.4) is 0 Å². The van der Waals surface area contributed by atoms with Crippen molar-refractivity contribution in [2.45, 2.75) is 6.54 Å². The number of nitrogens with zero attached hydrogens (tertiary/aromatic N) is 1. The summed E-state index contributed by atoms with van der Waals surface area (Å²) in [4.78, 5) is 0. The van der Waals surface area contributed by atoms with Gasteiger partial charge in [0.25, 0.3) is 0 Å². The lowest BCUT2D eigenvalue weighted by Gasteiger charge is -2.09. The van der Waals surface area contributed by atoms with Gasteiger partial charge < -0.3 is 10.5 Å². The molecule has 0 heterocycles. The molecule has 0 radical (unpaired) electrons. The first-order chi connectivity index (χ1) is 9.15. The molecule has 0 fully saturated rings. The van der Waals surface area contributed by atoms with Crippen molar-refractivity contribution in [2.24, 2.45) is 5.73 Å². The Balaban J connectivity index is 2.39. The molecule has 2 N–H and O–H groups in total. The summed E-state index contributed by atoms with van der Waals surface area (Å²) < 4.78 is 31.7. The van der Waals surface area contributed by atoms with E-state index in [0.29, 0.717) is 0 Å². The second-order valence-electron chi connectivity index (χ2n) is 3.80. The third-order valence-corrected chi connectivity index (χ3v) is 2.54. The van der Waals surface area contributed by atoms with Crippen molar-refractivity contribution in [3.8, 4) is 17.6 Å². The van der Waals surface area contributed by atoms with E-state index in [1.54, 1.807) is 12.1 Å². The molecule has 0 unspecified atom stereocenters. The largest absolute Gasteiger partial charge is 0.453 e. The van der Waals surface area contributed by atoms with Gasteiger partial charge in [-0.2, -0.15) is 9.65 Å². The van der Waals surface area contributed by atoms with Crippen LogP contribution in [-0.2, 0) is 6.54 Å². The van der Waals surface area contributed by atoms with Gasteiger partial charge in [-0.1, -0.05) is 12.1 Å². The molecule has 2 aromatic rings. The molecular weight excluding hydrogens is 250 g/mol. The minimum Gasteiger partial charge on any atom is -0.453 e. The van der Waals surface area contributed by atoms with Gasteiger partial charge in [0, 0.05) is 6.54 Å². The number of hydrogen-bond donors (Lipinski definition) is 1. The Labute approximate surface area is 108 Å². The first-order valence-electron chi connectivity index (χ1n) is 5.50. The van der Waals surface area contributed by atoms with Gasteiger partial charge in [0.2, 0.25) is 5.82 Å². The maximum atomic E-state index is 13.5. The fourth-order valence-electron chi connectivity index (χ4n) is 1.56. The molecule has 0 amide bonds. The Morgan fingerprint density at radius 2 is 1.95 bits per heavy atom. The molecule has 0 bridgehead atoms. The fourth-order valence-corrected chi connectivity index (χ4v) is 1.56. The topological polar surface area (TPSA) is 59.0 Å². The van der Waals surface area contributed by atoms with E-state index in [1.807, 2.05) is 6.07 Å². The van der Waals surface area contributed by atoms with Crippen LogP contribution in [0.1, 0.15) is 11.1 Å². The van der Waals surface area contributed by atoms with Crippen molar-refractivity contribution in [3.05, 3.63) is 59.2 Å². The average Bonchev–Trinajstić information content (AvgIpc) is 2.44. The van der Waals surface area contributed by atoms with Crippen LogP contribution in [0.2, 0.25) is 0 Å².